The molecule has 0 saturated carbocycles. The normalized spacial score (nSPS) is 12.2. The molecule has 0 aliphatic heterocycles. The zero-order valence-electron chi connectivity index (χ0n) is 17.9. The van der Waals surface area contributed by atoms with Crippen LogP contribution in [0.4, 0.5) is 5.82 Å². The summed E-state index contributed by atoms with van der Waals surface area (Å²) >= 11 is 0. The Morgan fingerprint density at radius 2 is 1.81 bits per heavy atom. The van der Waals surface area contributed by atoms with Gasteiger partial charge < -0.3 is 30.0 Å². The Morgan fingerprint density at radius 1 is 1.13 bits per heavy atom. The highest BCUT2D eigenvalue weighted by Crippen LogP contribution is 2.44. The molecule has 8 nitrogen and oxygen atoms in total. The van der Waals surface area contributed by atoms with Crippen LogP contribution in [0, 0.1) is 0 Å². The molecule has 2 heterocycles. The first kappa shape index (κ1) is 20.6. The van der Waals surface area contributed by atoms with Crippen LogP contribution in [0.1, 0.15) is 12.6 Å². The van der Waals surface area contributed by atoms with E-state index in [1.54, 1.807) is 34.3 Å². The van der Waals surface area contributed by atoms with Crippen molar-refractivity contribution in [2.45, 2.75) is 19.4 Å². The number of aliphatic hydroxyl groups excluding tert-OH is 1. The Kier molecular flexibility index (Phi) is 5.48. The first-order valence-corrected chi connectivity index (χ1v) is 9.97. The maximum Gasteiger partial charge on any atom is 0.150 e. The predicted octanol–water partition coefficient (Wildman–Crippen LogP) is 3.71. The fourth-order valence-electron chi connectivity index (χ4n) is 3.82. The second-order valence-electron chi connectivity index (χ2n) is 7.33. The molecule has 0 aliphatic carbocycles. The number of aliphatic hydroxyl groups is 1. The van der Waals surface area contributed by atoms with E-state index in [9.17, 15) is 10.2 Å². The van der Waals surface area contributed by atoms with Crippen molar-refractivity contribution in [1.29, 1.82) is 0 Å². The number of anilines is 1. The fourth-order valence-corrected chi connectivity index (χ4v) is 3.82. The van der Waals surface area contributed by atoms with Crippen molar-refractivity contribution in [2.24, 2.45) is 0 Å². The van der Waals surface area contributed by atoms with E-state index < -0.39 is 6.10 Å². The van der Waals surface area contributed by atoms with E-state index >= 15 is 0 Å². The van der Waals surface area contributed by atoms with Crippen LogP contribution in [-0.4, -0.2) is 52.1 Å². The number of aromatic amines is 1. The number of aromatic nitrogens is 3. The maximum atomic E-state index is 11.3. The van der Waals surface area contributed by atoms with Crippen LogP contribution in [0.25, 0.3) is 28.1 Å². The highest BCUT2D eigenvalue weighted by molar-refractivity contribution is 5.87. The number of benzene rings is 2. The van der Waals surface area contributed by atoms with Crippen molar-refractivity contribution in [3.05, 3.63) is 48.2 Å². The summed E-state index contributed by atoms with van der Waals surface area (Å²) in [6.45, 7) is 1.68. The number of ether oxygens (including phenoxy) is 2. The predicted molar refractivity (Wildman–Crippen MR) is 121 cm³/mol. The molecule has 0 fully saturated rings. The van der Waals surface area contributed by atoms with Crippen LogP contribution in [-0.2, 0) is 6.42 Å². The quantitative estimate of drug-likeness (QED) is 0.362. The number of hydrogen-bond acceptors (Lipinski definition) is 6. The van der Waals surface area contributed by atoms with Crippen LogP contribution in [0.2, 0.25) is 0 Å². The number of para-hydroxylation sites is 2. The van der Waals surface area contributed by atoms with Gasteiger partial charge >= 0.3 is 0 Å². The minimum atomic E-state index is -0.666. The first-order chi connectivity index (χ1) is 15.0. The molecular formula is C23H26N4O4. The van der Waals surface area contributed by atoms with Gasteiger partial charge in [0.25, 0.3) is 0 Å². The molecule has 0 spiro atoms. The summed E-state index contributed by atoms with van der Waals surface area (Å²) in [5.74, 6) is 2.42. The minimum Gasteiger partial charge on any atom is -0.505 e. The SMILES string of the molecule is CNc1c(-c2nc3ccccc3[nH]2)c(O)c(CC(C)O)n1-c1cc(OC)cc(OC)c1. The summed E-state index contributed by atoms with van der Waals surface area (Å²) in [4.78, 5) is 7.95. The monoisotopic (exact) mass is 422 g/mol. The molecule has 0 saturated heterocycles. The van der Waals surface area contributed by atoms with Crippen molar-refractivity contribution in [2.75, 3.05) is 26.6 Å². The van der Waals surface area contributed by atoms with E-state index in [1.807, 2.05) is 41.0 Å². The zero-order chi connectivity index (χ0) is 22.1. The van der Waals surface area contributed by atoms with E-state index in [1.165, 1.54) is 0 Å². The Balaban J connectivity index is 2.02. The highest BCUT2D eigenvalue weighted by Gasteiger charge is 2.27. The largest absolute Gasteiger partial charge is 0.505 e. The van der Waals surface area contributed by atoms with Gasteiger partial charge in [-0.15, -0.1) is 0 Å². The van der Waals surface area contributed by atoms with Crippen molar-refractivity contribution in [1.82, 2.24) is 14.5 Å². The van der Waals surface area contributed by atoms with Crippen molar-refractivity contribution < 1.29 is 19.7 Å². The maximum absolute atomic E-state index is 11.3. The molecular weight excluding hydrogens is 396 g/mol. The molecule has 4 rings (SSSR count). The van der Waals surface area contributed by atoms with Crippen LogP contribution in [0.5, 0.6) is 17.2 Å². The number of aromatic hydroxyl groups is 1. The van der Waals surface area contributed by atoms with Gasteiger partial charge in [0, 0.05) is 31.7 Å². The van der Waals surface area contributed by atoms with Gasteiger partial charge in [0.2, 0.25) is 0 Å². The first-order valence-electron chi connectivity index (χ1n) is 9.97. The van der Waals surface area contributed by atoms with Crippen LogP contribution in [0.3, 0.4) is 0 Å². The van der Waals surface area contributed by atoms with Crippen LogP contribution < -0.4 is 14.8 Å². The van der Waals surface area contributed by atoms with Gasteiger partial charge in [-0.05, 0) is 19.1 Å². The number of nitrogens with zero attached hydrogens (tertiary/aromatic N) is 2. The van der Waals surface area contributed by atoms with Gasteiger partial charge in [-0.25, -0.2) is 4.98 Å². The summed E-state index contributed by atoms with van der Waals surface area (Å²) in [5, 5.41) is 24.6. The number of H-pyrrole nitrogens is 1. The Morgan fingerprint density at radius 3 is 2.39 bits per heavy atom. The molecule has 2 aromatic carbocycles. The van der Waals surface area contributed by atoms with E-state index in [0.29, 0.717) is 40.1 Å². The molecule has 4 N–H and O–H groups in total. The zero-order valence-corrected chi connectivity index (χ0v) is 17.9. The van der Waals surface area contributed by atoms with E-state index in [2.05, 4.69) is 15.3 Å². The lowest BCUT2D eigenvalue weighted by atomic mass is 10.1. The molecule has 0 radical (unpaired) electrons. The second-order valence-corrected chi connectivity index (χ2v) is 7.33. The van der Waals surface area contributed by atoms with Gasteiger partial charge in [-0.2, -0.15) is 0 Å². The van der Waals surface area contributed by atoms with E-state index in [0.717, 1.165) is 11.0 Å². The lowest BCUT2D eigenvalue weighted by Crippen LogP contribution is -2.11. The number of rotatable bonds is 7. The van der Waals surface area contributed by atoms with Gasteiger partial charge in [0.05, 0.1) is 42.7 Å². The number of nitrogens with one attached hydrogen (secondary N) is 2. The van der Waals surface area contributed by atoms with E-state index in [-0.39, 0.29) is 12.2 Å². The summed E-state index contributed by atoms with van der Waals surface area (Å²) in [6, 6.07) is 13.1. The van der Waals surface area contributed by atoms with Gasteiger partial charge in [-0.3, -0.25) is 4.57 Å². The number of fused-ring (bicyclic) bond motifs is 1. The molecule has 0 bridgehead atoms. The molecule has 2 aromatic heterocycles. The fraction of sp³-hybridized carbons (Fsp3) is 0.261. The molecule has 0 aliphatic rings. The van der Waals surface area contributed by atoms with Crippen LogP contribution in [0.15, 0.2) is 42.5 Å². The third-order valence-corrected chi connectivity index (χ3v) is 5.19. The number of methoxy groups -OCH3 is 2. The minimum absolute atomic E-state index is 0.0473. The second kappa shape index (κ2) is 8.23. The highest BCUT2D eigenvalue weighted by atomic mass is 16.5. The number of imidazole rings is 1. The molecule has 8 heteroatoms. The Labute approximate surface area is 180 Å². The lowest BCUT2D eigenvalue weighted by Gasteiger charge is -2.16. The van der Waals surface area contributed by atoms with Gasteiger partial charge in [0.15, 0.2) is 0 Å². The summed E-state index contributed by atoms with van der Waals surface area (Å²) in [5.41, 5.74) is 3.45. The van der Waals surface area contributed by atoms with Crippen molar-refractivity contribution >= 4 is 16.9 Å². The molecule has 31 heavy (non-hydrogen) atoms. The molecule has 0 amide bonds. The average molecular weight is 422 g/mol. The lowest BCUT2D eigenvalue weighted by molar-refractivity contribution is 0.192. The summed E-state index contributed by atoms with van der Waals surface area (Å²) < 4.78 is 12.7. The topological polar surface area (TPSA) is 105 Å². The van der Waals surface area contributed by atoms with Gasteiger partial charge in [-0.1, -0.05) is 12.1 Å². The summed E-state index contributed by atoms with van der Waals surface area (Å²) in [7, 11) is 4.95. The Hall–Kier alpha value is -3.65. The summed E-state index contributed by atoms with van der Waals surface area (Å²) in [6.07, 6.45) is -0.430. The third kappa shape index (κ3) is 3.66. The van der Waals surface area contributed by atoms with Gasteiger partial charge in [0.1, 0.15) is 34.5 Å². The molecule has 1 unspecified atom stereocenters. The molecule has 162 valence electrons. The molecule has 4 aromatic rings. The third-order valence-electron chi connectivity index (χ3n) is 5.19. The average Bonchev–Trinajstić information content (AvgIpc) is 3.31. The van der Waals surface area contributed by atoms with Crippen molar-refractivity contribution in [3.63, 3.8) is 0 Å². The van der Waals surface area contributed by atoms with E-state index in [4.69, 9.17) is 9.47 Å². The van der Waals surface area contributed by atoms with Crippen molar-refractivity contribution in [3.8, 4) is 34.3 Å². The smallest absolute Gasteiger partial charge is 0.150 e. The van der Waals surface area contributed by atoms with Crippen LogP contribution >= 0.6 is 0 Å². The Bertz CT molecular complexity index is 1170. The number of hydrogen-bond donors (Lipinski definition) is 4. The standard InChI is InChI=1S/C23H26N4O4/c1-13(28)9-19-21(29)20(22-25-17-7-5-6-8-18(17)26-22)23(24-2)27(19)14-10-15(30-3)12-16(11-14)31-4/h5-8,10-13,24,28-29H,9H2,1-4H3,(H,25,26). The molecule has 1 atom stereocenters.